The Morgan fingerprint density at radius 2 is 1.73 bits per heavy atom. The number of piperidine rings is 1. The lowest BCUT2D eigenvalue weighted by molar-refractivity contribution is 0.0783. The summed E-state index contributed by atoms with van der Waals surface area (Å²) in [5.74, 6) is 0.440. The fourth-order valence-corrected chi connectivity index (χ4v) is 6.89. The number of likely N-dealkylation sites (tertiary alicyclic amines) is 1. The maximum Gasteiger partial charge on any atom is 0.254 e. The summed E-state index contributed by atoms with van der Waals surface area (Å²) in [6.45, 7) is 3.41. The maximum atomic E-state index is 13.8. The fourth-order valence-electron chi connectivity index (χ4n) is 6.06. The molecule has 44 heavy (non-hydrogen) atoms. The van der Waals surface area contributed by atoms with Crippen molar-refractivity contribution in [2.75, 3.05) is 39.5 Å². The Bertz CT molecular complexity index is 1680. The second kappa shape index (κ2) is 15.4. The summed E-state index contributed by atoms with van der Waals surface area (Å²) in [6, 6.07) is 27.3. The second-order valence-electron chi connectivity index (χ2n) is 11.3. The van der Waals surface area contributed by atoms with E-state index >= 15 is 0 Å². The molecule has 0 N–H and O–H groups in total. The average Bonchev–Trinajstić information content (AvgIpc) is 3.03. The summed E-state index contributed by atoms with van der Waals surface area (Å²) in [7, 11) is 0.863. The van der Waals surface area contributed by atoms with Gasteiger partial charge in [-0.3, -0.25) is 9.00 Å². The highest BCUT2D eigenvalue weighted by Crippen LogP contribution is 2.32. The Morgan fingerprint density at radius 3 is 2.39 bits per heavy atom. The first-order chi connectivity index (χ1) is 20.7. The van der Waals surface area contributed by atoms with E-state index in [1.807, 2.05) is 67.7 Å². The molecule has 1 amide bonds. The van der Waals surface area contributed by atoms with Crippen molar-refractivity contribution in [3.05, 3.63) is 111 Å². The molecule has 4 aromatic rings. The number of benzene rings is 4. The molecule has 0 aliphatic carbocycles. The number of hydrogen-bond donors (Lipinski definition) is 0. The van der Waals surface area contributed by atoms with Gasteiger partial charge in [0.25, 0.3) is 5.91 Å². The maximum absolute atomic E-state index is 13.8. The molecule has 230 valence electrons. The number of carbonyl (C=O) groups is 1. The molecule has 5 rings (SSSR count). The largest absolute Gasteiger partial charge is 0.341 e. The van der Waals surface area contributed by atoms with Crippen LogP contribution in [0, 0.1) is 11.3 Å². The molecule has 1 aliphatic rings. The van der Waals surface area contributed by atoms with Gasteiger partial charge in [0.1, 0.15) is 0 Å². The minimum absolute atomic E-state index is 0. The lowest BCUT2D eigenvalue weighted by Crippen LogP contribution is -2.36. The van der Waals surface area contributed by atoms with E-state index in [-0.39, 0.29) is 24.2 Å². The van der Waals surface area contributed by atoms with Crippen LogP contribution in [0.1, 0.15) is 58.1 Å². The molecule has 0 spiro atoms. The zero-order valence-electron chi connectivity index (χ0n) is 24.8. The molecule has 0 bridgehead atoms. The summed E-state index contributed by atoms with van der Waals surface area (Å²) in [5.41, 5.74) is 3.37. The van der Waals surface area contributed by atoms with Crippen LogP contribution in [-0.4, -0.2) is 59.4 Å². The van der Waals surface area contributed by atoms with Gasteiger partial charge in [0.05, 0.1) is 21.7 Å². The molecule has 5 nitrogen and oxygen atoms in total. The van der Waals surface area contributed by atoms with E-state index in [1.165, 1.54) is 5.56 Å². The van der Waals surface area contributed by atoms with Crippen molar-refractivity contribution in [2.45, 2.75) is 36.0 Å². The van der Waals surface area contributed by atoms with E-state index in [1.54, 1.807) is 17.2 Å². The Balaban J connectivity index is 0.00000442. The van der Waals surface area contributed by atoms with Gasteiger partial charge >= 0.3 is 0 Å². The molecule has 2 atom stereocenters. The van der Waals surface area contributed by atoms with Crippen LogP contribution in [0.3, 0.4) is 0 Å². The minimum Gasteiger partial charge on any atom is -0.341 e. The number of nitrogens with zero attached hydrogens (tertiary/aromatic N) is 3. The quantitative estimate of drug-likeness (QED) is 0.180. The van der Waals surface area contributed by atoms with Crippen molar-refractivity contribution >= 4 is 63.1 Å². The Labute approximate surface area is 278 Å². The van der Waals surface area contributed by atoms with E-state index in [2.05, 4.69) is 23.1 Å². The normalized spacial score (nSPS) is 15.2. The van der Waals surface area contributed by atoms with Crippen LogP contribution in [0.5, 0.6) is 0 Å². The summed E-state index contributed by atoms with van der Waals surface area (Å²) >= 11 is 12.7. The van der Waals surface area contributed by atoms with Gasteiger partial charge in [0.15, 0.2) is 0 Å². The molecule has 1 saturated heterocycles. The monoisotopic (exact) mass is 667 g/mol. The first-order valence-electron chi connectivity index (χ1n) is 14.5. The van der Waals surface area contributed by atoms with Crippen molar-refractivity contribution in [3.63, 3.8) is 0 Å². The third-order valence-electron chi connectivity index (χ3n) is 8.54. The molecule has 2 unspecified atom stereocenters. The fraction of sp³-hybridized carbons (Fsp3) is 0.314. The molecule has 0 saturated carbocycles. The Kier molecular flexibility index (Phi) is 11.9. The highest BCUT2D eigenvalue weighted by atomic mass is 35.5. The predicted octanol–water partition coefficient (Wildman–Crippen LogP) is 8.30. The predicted molar refractivity (Wildman–Crippen MR) is 184 cm³/mol. The molecule has 1 heterocycles. The molecule has 1 aliphatic heterocycles. The van der Waals surface area contributed by atoms with Gasteiger partial charge in [-0.25, -0.2) is 0 Å². The lowest BCUT2D eigenvalue weighted by Gasteiger charge is -2.34. The van der Waals surface area contributed by atoms with Crippen LogP contribution in [0.2, 0.25) is 10.0 Å². The summed E-state index contributed by atoms with van der Waals surface area (Å²) in [4.78, 5) is 18.9. The first-order valence-corrected chi connectivity index (χ1v) is 16.8. The van der Waals surface area contributed by atoms with E-state index in [0.717, 1.165) is 60.1 Å². The van der Waals surface area contributed by atoms with Gasteiger partial charge < -0.3 is 9.80 Å². The van der Waals surface area contributed by atoms with Crippen molar-refractivity contribution in [1.82, 2.24) is 9.80 Å². The molecule has 0 aromatic heterocycles. The van der Waals surface area contributed by atoms with Gasteiger partial charge in [-0.15, -0.1) is 12.4 Å². The van der Waals surface area contributed by atoms with Gasteiger partial charge in [0, 0.05) is 47.0 Å². The van der Waals surface area contributed by atoms with Crippen molar-refractivity contribution in [3.8, 4) is 6.07 Å². The van der Waals surface area contributed by atoms with Gasteiger partial charge in [-0.1, -0.05) is 65.7 Å². The van der Waals surface area contributed by atoms with Crippen LogP contribution in [-0.2, 0) is 10.8 Å². The van der Waals surface area contributed by atoms with Crippen molar-refractivity contribution in [1.29, 1.82) is 5.26 Å². The highest BCUT2D eigenvalue weighted by molar-refractivity contribution is 7.84. The number of halogens is 3. The minimum atomic E-state index is -0.962. The van der Waals surface area contributed by atoms with Crippen molar-refractivity contribution in [2.24, 2.45) is 0 Å². The summed E-state index contributed by atoms with van der Waals surface area (Å²) < 4.78 is 11.8. The smallest absolute Gasteiger partial charge is 0.254 e. The third-order valence-corrected chi connectivity index (χ3v) is 10.2. The lowest BCUT2D eigenvalue weighted by atomic mass is 9.89. The Hall–Kier alpha value is -2.92. The zero-order chi connectivity index (χ0) is 30.5. The van der Waals surface area contributed by atoms with E-state index in [4.69, 9.17) is 23.2 Å². The van der Waals surface area contributed by atoms with Crippen LogP contribution >= 0.6 is 35.6 Å². The second-order valence-corrected chi connectivity index (χ2v) is 13.5. The topological polar surface area (TPSA) is 64.4 Å². The van der Waals surface area contributed by atoms with E-state index < -0.39 is 10.8 Å². The standard InChI is InChI=1S/C35H35Cl2N3O2S.ClH/c1-39(35(41)32-20-24(22-38)19-28-5-3-4-6-31(28)32)23-29(27-9-12-33(36)34(37)21-27)15-18-40-16-13-26(14-17-40)25-7-10-30(11-8-25)43(2)42;/h3-12,19-21,26,29H,13-18,23H2,1-2H3;1H. The molecular weight excluding hydrogens is 633 g/mol. The molecule has 1 fully saturated rings. The molecule has 9 heteroatoms. The highest BCUT2D eigenvalue weighted by Gasteiger charge is 2.25. The van der Waals surface area contributed by atoms with Crippen molar-refractivity contribution < 1.29 is 9.00 Å². The number of hydrogen-bond acceptors (Lipinski definition) is 4. The Morgan fingerprint density at radius 1 is 1.02 bits per heavy atom. The zero-order valence-corrected chi connectivity index (χ0v) is 28.0. The number of fused-ring (bicyclic) bond motifs is 1. The SMILES string of the molecule is CN(CC(CCN1CCC(c2ccc(S(C)=O)cc2)CC1)c1ccc(Cl)c(Cl)c1)C(=O)c1cc(C#N)cc2ccccc12.Cl. The van der Waals surface area contributed by atoms with Crippen LogP contribution in [0.15, 0.2) is 83.8 Å². The van der Waals surface area contributed by atoms with Crippen LogP contribution in [0.4, 0.5) is 0 Å². The molecular formula is C35H36Cl3N3O2S. The summed E-state index contributed by atoms with van der Waals surface area (Å²) in [5, 5.41) is 12.3. The van der Waals surface area contributed by atoms with Crippen LogP contribution < -0.4 is 0 Å². The summed E-state index contributed by atoms with van der Waals surface area (Å²) in [6.07, 6.45) is 4.72. The molecule has 0 radical (unpaired) electrons. The van der Waals surface area contributed by atoms with Gasteiger partial charge in [-0.05, 0) is 103 Å². The van der Waals surface area contributed by atoms with E-state index in [9.17, 15) is 14.3 Å². The number of likely N-dealkylation sites (N-methyl/N-ethyl adjacent to an activating group) is 1. The number of amides is 1. The third kappa shape index (κ3) is 8.02. The van der Waals surface area contributed by atoms with Crippen LogP contribution in [0.25, 0.3) is 10.8 Å². The number of rotatable bonds is 9. The first kappa shape index (κ1) is 34.0. The molecule has 4 aromatic carbocycles. The average molecular weight is 669 g/mol. The number of carbonyl (C=O) groups excluding carboxylic acids is 1. The number of nitriles is 1. The van der Waals surface area contributed by atoms with Gasteiger partial charge in [0.2, 0.25) is 0 Å². The van der Waals surface area contributed by atoms with Gasteiger partial charge in [-0.2, -0.15) is 5.26 Å². The van der Waals surface area contributed by atoms with E-state index in [0.29, 0.717) is 33.6 Å².